The van der Waals surface area contributed by atoms with Crippen LogP contribution >= 0.6 is 15.9 Å². The second-order valence-electron chi connectivity index (χ2n) is 36.8. The summed E-state index contributed by atoms with van der Waals surface area (Å²) in [5.41, 5.74) is 12.6. The highest BCUT2D eigenvalue weighted by Gasteiger charge is 2.55. The van der Waals surface area contributed by atoms with E-state index in [2.05, 4.69) is 139 Å². The third kappa shape index (κ3) is 29.7. The Morgan fingerprint density at radius 1 is 0.397 bits per heavy atom. The SMILES string of the molecule is CCCC(Oc1cc(C)ccc1C1CCCCC1)C(=O)OC.COC(=O)C(CCO)Oc1cc(C)ccc1C1CCCCC1.COC(=O)C1(Oc2cc(C)ccc2C2CCCCC2)CC1.Cc1ccc(C2CCCCC2)c(O)c1.Cc1ccc(C2CCCCC2)c(OC2(C(=O)O)CC2)c1.Cc1ccc(C2CCCCC2)c(OC2CCOC2=O)c1.O=C1OCCC1Br. The number of benzene rings is 6. The van der Waals surface area contributed by atoms with E-state index >= 15 is 0 Å². The van der Waals surface area contributed by atoms with Gasteiger partial charge in [-0.3, -0.25) is 4.79 Å². The van der Waals surface area contributed by atoms with E-state index in [0.29, 0.717) is 80.2 Å². The molecule has 10 fully saturated rings. The number of phenolic OH excluding ortho intramolecular Hbond substituents is 1. The quantitative estimate of drug-likeness (QED) is 0.0289. The molecule has 10 aliphatic rings. The first kappa shape index (κ1) is 99.5. The molecule has 2 heterocycles. The van der Waals surface area contributed by atoms with Gasteiger partial charge in [0.1, 0.15) is 39.3 Å². The molecule has 19 nitrogen and oxygen atoms in total. The first-order chi connectivity index (χ1) is 60.9. The summed E-state index contributed by atoms with van der Waals surface area (Å²) in [5, 5.41) is 28.3. The molecular formula is C106H145BrO19. The van der Waals surface area contributed by atoms with Crippen molar-refractivity contribution < 1.29 is 91.5 Å². The standard InChI is InChI=1S/C19H28O3.C18H26O4.C18H24O3.2C17H22O3.C13H18O.C4H5BrO2/c1-4-8-17(19(20)21-3)22-18-13-14(2)11-12-16(18)15-9-6-5-7-10-15;1-13-8-9-15(14-6-4-3-5-7-14)17(12-13)22-16(10-11-19)18(20)21-2;1-13-8-9-15(14-6-4-3-5-7-14)16(12-13)21-18(10-11-18)17(19)20-2;1-12-7-8-14(13-5-3-2-4-6-13)15(11-12)20-17(9-10-17)16(18)19;1-12-7-8-14(13-5-3-2-4-6-13)16(11-12)20-15-9-10-19-17(15)18;1-10-7-8-12(13(14)9-10)11-5-3-2-4-6-11;5-3-1-2-7-4(3)6/h11-13,15,17H,4-10H2,1-3H3;8-9,12,14,16,19H,3-7,10-11H2,1-2H3;8-9,12,14H,3-7,10-11H2,1-2H3;7-8,11,13H,2-6,9-10H2,1H3,(H,18,19);7-8,11,13,15H,2-6,9-10H2,1H3;7-9,11,14H,2-6H2,1H3;3H,1-2H2. The van der Waals surface area contributed by atoms with Gasteiger partial charge in [0.2, 0.25) is 11.2 Å². The highest BCUT2D eigenvalue weighted by molar-refractivity contribution is 9.10. The number of rotatable bonds is 24. The zero-order chi connectivity index (χ0) is 90.1. The third-order valence-corrected chi connectivity index (χ3v) is 27.5. The maximum absolute atomic E-state index is 11.9. The lowest BCUT2D eigenvalue weighted by molar-refractivity contribution is -0.151. The summed E-state index contributed by atoms with van der Waals surface area (Å²) in [6.07, 6.45) is 42.4. The van der Waals surface area contributed by atoms with Gasteiger partial charge in [-0.1, -0.05) is 218 Å². The lowest BCUT2D eigenvalue weighted by atomic mass is 9.83. The van der Waals surface area contributed by atoms with Crippen molar-refractivity contribution in [3.8, 4) is 34.5 Å². The molecule has 0 radical (unpaired) electrons. The molecule has 0 aromatic heterocycles. The number of esters is 5. The minimum absolute atomic E-state index is 0.0347. The molecule has 0 bridgehead atoms. The number of halogens is 1. The van der Waals surface area contributed by atoms with Crippen LogP contribution < -0.4 is 23.7 Å². The number of ether oxygens (including phenoxy) is 10. The maximum Gasteiger partial charge on any atom is 0.350 e. The van der Waals surface area contributed by atoms with Gasteiger partial charge in [-0.15, -0.1) is 0 Å². The summed E-state index contributed by atoms with van der Waals surface area (Å²) in [4.78, 5) is 68.9. The number of carboxylic acid groups (broad SMARTS) is 1. The van der Waals surface area contributed by atoms with Crippen molar-refractivity contribution in [2.75, 3.05) is 41.2 Å². The fraction of sp³-hybridized carbons (Fsp3) is 0.604. The van der Waals surface area contributed by atoms with Gasteiger partial charge in [-0.05, 0) is 264 Å². The summed E-state index contributed by atoms with van der Waals surface area (Å²) in [5.74, 6) is 5.93. The Morgan fingerprint density at radius 2 is 0.706 bits per heavy atom. The molecule has 3 N–H and O–H groups in total. The monoisotopic (exact) mass is 1800 g/mol. The third-order valence-electron chi connectivity index (χ3n) is 26.7. The molecule has 2 aliphatic heterocycles. The number of methoxy groups -OCH3 is 3. The van der Waals surface area contributed by atoms with Gasteiger partial charge in [0.25, 0.3) is 0 Å². The molecule has 20 heteroatoms. The number of hydrogen-bond acceptors (Lipinski definition) is 18. The number of carboxylic acids is 1. The van der Waals surface area contributed by atoms with Gasteiger partial charge in [0, 0.05) is 51.6 Å². The minimum Gasteiger partial charge on any atom is -0.508 e. The number of phenols is 1. The van der Waals surface area contributed by atoms with Crippen molar-refractivity contribution in [3.05, 3.63) is 176 Å². The highest BCUT2D eigenvalue weighted by Crippen LogP contribution is 2.49. The first-order valence-electron chi connectivity index (χ1n) is 47.6. The summed E-state index contributed by atoms with van der Waals surface area (Å²) in [6, 6.07) is 37.7. The fourth-order valence-electron chi connectivity index (χ4n) is 19.0. The van der Waals surface area contributed by atoms with Crippen LogP contribution in [0.15, 0.2) is 109 Å². The van der Waals surface area contributed by atoms with Gasteiger partial charge >= 0.3 is 35.8 Å². The van der Waals surface area contributed by atoms with Crippen LogP contribution in [-0.4, -0.2) is 127 Å². The van der Waals surface area contributed by atoms with E-state index in [0.717, 1.165) is 82.2 Å². The summed E-state index contributed by atoms with van der Waals surface area (Å²) >= 11 is 3.13. The molecule has 8 aliphatic carbocycles. The van der Waals surface area contributed by atoms with E-state index in [1.807, 2.05) is 39.0 Å². The van der Waals surface area contributed by atoms with Crippen LogP contribution in [0.3, 0.4) is 0 Å². The van der Waals surface area contributed by atoms with Crippen LogP contribution in [0, 0.1) is 41.5 Å². The van der Waals surface area contributed by atoms with E-state index in [1.54, 1.807) is 0 Å². The average molecular weight is 1800 g/mol. The smallest absolute Gasteiger partial charge is 0.350 e. The van der Waals surface area contributed by atoms with Crippen molar-refractivity contribution in [2.24, 2.45) is 0 Å². The predicted molar refractivity (Wildman–Crippen MR) is 496 cm³/mol. The van der Waals surface area contributed by atoms with Crippen molar-refractivity contribution in [1.82, 2.24) is 0 Å². The van der Waals surface area contributed by atoms with Crippen LogP contribution in [0.25, 0.3) is 0 Å². The molecule has 126 heavy (non-hydrogen) atoms. The Kier molecular flexibility index (Phi) is 39.8. The zero-order valence-electron chi connectivity index (χ0n) is 77.1. The molecule has 2 saturated heterocycles. The molecule has 8 saturated carbocycles. The van der Waals surface area contributed by atoms with E-state index in [4.69, 9.17) is 47.7 Å². The Hall–Kier alpha value is -8.62. The number of hydrogen-bond donors (Lipinski definition) is 3. The normalized spacial score (nSPS) is 20.3. The molecule has 4 unspecified atom stereocenters. The van der Waals surface area contributed by atoms with Crippen LogP contribution in [-0.2, 0) is 52.5 Å². The Balaban J connectivity index is 0.000000156. The molecule has 6 aromatic carbocycles. The van der Waals surface area contributed by atoms with Gasteiger partial charge in [-0.25, -0.2) is 24.0 Å². The van der Waals surface area contributed by atoms with Gasteiger partial charge in [-0.2, -0.15) is 0 Å². The number of aromatic hydroxyl groups is 1. The number of carbonyl (C=O) groups excluding carboxylic acids is 5. The maximum atomic E-state index is 11.9. The van der Waals surface area contributed by atoms with E-state index in [-0.39, 0.29) is 41.7 Å². The number of aliphatic carboxylic acids is 1. The van der Waals surface area contributed by atoms with Crippen molar-refractivity contribution in [3.63, 3.8) is 0 Å². The highest BCUT2D eigenvalue weighted by atomic mass is 79.9. The average Bonchev–Trinajstić information content (AvgIpc) is 1.62. The van der Waals surface area contributed by atoms with Crippen molar-refractivity contribution >= 4 is 51.7 Å². The topological polar surface area (TPSA) is 255 Å². The molecule has 6 aromatic rings. The molecule has 16 rings (SSSR count). The number of alkyl halides is 1. The minimum atomic E-state index is -0.947. The Morgan fingerprint density at radius 3 is 1.00 bits per heavy atom. The number of aliphatic hydroxyl groups is 1. The number of cyclic esters (lactones) is 2. The van der Waals surface area contributed by atoms with Crippen LogP contribution in [0.2, 0.25) is 0 Å². The summed E-state index contributed by atoms with van der Waals surface area (Å²) in [7, 11) is 4.20. The predicted octanol–water partition coefficient (Wildman–Crippen LogP) is 24.5. The lowest BCUT2D eigenvalue weighted by Gasteiger charge is -2.26. The zero-order valence-corrected chi connectivity index (χ0v) is 78.7. The first-order valence-corrected chi connectivity index (χ1v) is 48.5. The van der Waals surface area contributed by atoms with Crippen molar-refractivity contribution in [1.29, 1.82) is 0 Å². The number of carbonyl (C=O) groups is 6. The molecular weight excluding hydrogens is 1660 g/mol. The molecule has 690 valence electrons. The number of aliphatic hydroxyl groups excluding tert-OH is 1. The van der Waals surface area contributed by atoms with Crippen molar-refractivity contribution in [2.45, 2.75) is 369 Å². The second-order valence-corrected chi connectivity index (χ2v) is 37.9. The lowest BCUT2D eigenvalue weighted by Crippen LogP contribution is -2.31. The van der Waals surface area contributed by atoms with E-state index in [9.17, 15) is 39.0 Å². The van der Waals surface area contributed by atoms with Gasteiger partial charge < -0.3 is 62.7 Å². The largest absolute Gasteiger partial charge is 0.508 e. The molecule has 4 atom stereocenters. The van der Waals surface area contributed by atoms with E-state index < -0.39 is 41.5 Å². The summed E-state index contributed by atoms with van der Waals surface area (Å²) in [6.45, 7) is 15.2. The van der Waals surface area contributed by atoms with Crippen LogP contribution in [0.4, 0.5) is 0 Å². The molecule has 0 amide bonds. The van der Waals surface area contributed by atoms with Crippen LogP contribution in [0.5, 0.6) is 34.5 Å². The second kappa shape index (κ2) is 50.4. The fourth-order valence-corrected chi connectivity index (χ4v) is 19.3. The van der Waals surface area contributed by atoms with Gasteiger partial charge in [0.05, 0.1) is 34.5 Å². The molecule has 0 spiro atoms. The van der Waals surface area contributed by atoms with E-state index in [1.165, 1.54) is 253 Å². The van der Waals surface area contributed by atoms with Crippen LogP contribution in [0.1, 0.15) is 360 Å². The Bertz CT molecular complexity index is 4340. The summed E-state index contributed by atoms with van der Waals surface area (Å²) < 4.78 is 54.2. The number of aryl methyl sites for hydroxylation is 6. The Labute approximate surface area is 759 Å². The van der Waals surface area contributed by atoms with Gasteiger partial charge in [0.15, 0.2) is 18.3 Å².